The van der Waals surface area contributed by atoms with Gasteiger partial charge in [0.1, 0.15) is 5.82 Å². The Bertz CT molecular complexity index is 523. The highest BCUT2D eigenvalue weighted by Crippen LogP contribution is 2.32. The molecule has 4 nitrogen and oxygen atoms in total. The first-order chi connectivity index (χ1) is 8.24. The van der Waals surface area contributed by atoms with Crippen LogP contribution in [0.2, 0.25) is 0 Å². The molecule has 0 unspecified atom stereocenters. The molecule has 0 bridgehead atoms. The van der Waals surface area contributed by atoms with Crippen LogP contribution in [-0.4, -0.2) is 35.0 Å². The number of nitrogens with one attached hydrogen (secondary N) is 1. The molecule has 1 fully saturated rings. The molecule has 3 N–H and O–H groups in total. The summed E-state index contributed by atoms with van der Waals surface area (Å²) >= 11 is 0. The Morgan fingerprint density at radius 3 is 2.94 bits per heavy atom. The summed E-state index contributed by atoms with van der Waals surface area (Å²) in [6.45, 7) is 2.36. The number of piperidine rings is 1. The van der Waals surface area contributed by atoms with E-state index in [1.165, 1.54) is 36.9 Å². The van der Waals surface area contributed by atoms with Crippen molar-refractivity contribution in [3.63, 3.8) is 0 Å². The summed E-state index contributed by atoms with van der Waals surface area (Å²) in [5, 5.41) is 1.24. The number of nitrogens with two attached hydrogens (primary N) is 1. The van der Waals surface area contributed by atoms with E-state index in [1.54, 1.807) is 0 Å². The van der Waals surface area contributed by atoms with Crippen molar-refractivity contribution in [3.05, 3.63) is 24.0 Å². The predicted molar refractivity (Wildman–Crippen MR) is 70.0 cm³/mol. The molecule has 1 aliphatic heterocycles. The van der Waals surface area contributed by atoms with Gasteiger partial charge in [0, 0.05) is 11.6 Å². The SMILES string of the molecule is CN1CCC(c2c[nH]c3cnc(N)cc23)CC1. The Morgan fingerprint density at radius 2 is 2.18 bits per heavy atom. The molecule has 90 valence electrons. The molecule has 2 aromatic rings. The van der Waals surface area contributed by atoms with Crippen LogP contribution < -0.4 is 5.73 Å². The van der Waals surface area contributed by atoms with Crippen LogP contribution in [0.25, 0.3) is 10.9 Å². The predicted octanol–water partition coefficient (Wildman–Crippen LogP) is 1.95. The van der Waals surface area contributed by atoms with Gasteiger partial charge in [-0.3, -0.25) is 0 Å². The van der Waals surface area contributed by atoms with E-state index >= 15 is 0 Å². The Hall–Kier alpha value is -1.55. The number of H-pyrrole nitrogens is 1. The molecule has 0 aromatic carbocycles. The highest BCUT2D eigenvalue weighted by Gasteiger charge is 2.21. The molecule has 1 aliphatic rings. The van der Waals surface area contributed by atoms with E-state index in [0.717, 1.165) is 5.52 Å². The number of pyridine rings is 1. The maximum Gasteiger partial charge on any atom is 0.124 e. The summed E-state index contributed by atoms with van der Waals surface area (Å²) in [5.74, 6) is 1.26. The molecule has 4 heteroatoms. The highest BCUT2D eigenvalue weighted by molar-refractivity contribution is 5.85. The first-order valence-electron chi connectivity index (χ1n) is 6.15. The van der Waals surface area contributed by atoms with E-state index in [2.05, 4.69) is 28.1 Å². The number of hydrogen-bond donors (Lipinski definition) is 2. The fraction of sp³-hybridized carbons (Fsp3) is 0.462. The number of aromatic nitrogens is 2. The number of fused-ring (bicyclic) bond motifs is 1. The number of nitrogen functional groups attached to an aromatic ring is 1. The molecule has 1 saturated heterocycles. The van der Waals surface area contributed by atoms with Crippen molar-refractivity contribution in [2.45, 2.75) is 18.8 Å². The minimum absolute atomic E-state index is 0.603. The van der Waals surface area contributed by atoms with Crippen LogP contribution in [0.5, 0.6) is 0 Å². The molecule has 0 aliphatic carbocycles. The lowest BCUT2D eigenvalue weighted by atomic mass is 9.89. The molecule has 0 spiro atoms. The molecular weight excluding hydrogens is 212 g/mol. The lowest BCUT2D eigenvalue weighted by Gasteiger charge is -2.28. The van der Waals surface area contributed by atoms with Gasteiger partial charge in [0.05, 0.1) is 11.7 Å². The second-order valence-corrected chi connectivity index (χ2v) is 4.98. The smallest absolute Gasteiger partial charge is 0.124 e. The maximum absolute atomic E-state index is 5.77. The second-order valence-electron chi connectivity index (χ2n) is 4.98. The lowest BCUT2D eigenvalue weighted by Crippen LogP contribution is -2.29. The fourth-order valence-corrected chi connectivity index (χ4v) is 2.72. The minimum atomic E-state index is 0.603. The van der Waals surface area contributed by atoms with Gasteiger partial charge in [0.2, 0.25) is 0 Å². The van der Waals surface area contributed by atoms with Crippen molar-refractivity contribution < 1.29 is 0 Å². The van der Waals surface area contributed by atoms with Gasteiger partial charge in [0.15, 0.2) is 0 Å². The average molecular weight is 230 g/mol. The van der Waals surface area contributed by atoms with Crippen LogP contribution >= 0.6 is 0 Å². The van der Waals surface area contributed by atoms with E-state index in [9.17, 15) is 0 Å². The van der Waals surface area contributed by atoms with Crippen molar-refractivity contribution in [2.24, 2.45) is 0 Å². The molecule has 0 saturated carbocycles. The largest absolute Gasteiger partial charge is 0.384 e. The summed E-state index contributed by atoms with van der Waals surface area (Å²) in [4.78, 5) is 9.80. The van der Waals surface area contributed by atoms with Crippen molar-refractivity contribution in [3.8, 4) is 0 Å². The zero-order valence-corrected chi connectivity index (χ0v) is 10.1. The highest BCUT2D eigenvalue weighted by atomic mass is 15.1. The van der Waals surface area contributed by atoms with Crippen molar-refractivity contribution in [1.29, 1.82) is 0 Å². The van der Waals surface area contributed by atoms with Gasteiger partial charge >= 0.3 is 0 Å². The van der Waals surface area contributed by atoms with E-state index in [0.29, 0.717) is 11.7 Å². The minimum Gasteiger partial charge on any atom is -0.384 e. The second kappa shape index (κ2) is 4.04. The molecule has 17 heavy (non-hydrogen) atoms. The van der Waals surface area contributed by atoms with Gasteiger partial charge in [-0.05, 0) is 50.5 Å². The summed E-state index contributed by atoms with van der Waals surface area (Å²) in [7, 11) is 2.19. The Kier molecular flexibility index (Phi) is 2.52. The molecule has 0 atom stereocenters. The van der Waals surface area contributed by atoms with Gasteiger partial charge < -0.3 is 15.6 Å². The molecule has 0 amide bonds. The number of nitrogens with zero attached hydrogens (tertiary/aromatic N) is 2. The van der Waals surface area contributed by atoms with Crippen molar-refractivity contribution in [2.75, 3.05) is 25.9 Å². The first-order valence-corrected chi connectivity index (χ1v) is 6.15. The van der Waals surface area contributed by atoms with E-state index in [1.807, 2.05) is 12.3 Å². The van der Waals surface area contributed by atoms with Crippen LogP contribution in [0.15, 0.2) is 18.5 Å². The third-order valence-corrected chi connectivity index (χ3v) is 3.78. The third kappa shape index (κ3) is 1.89. The van der Waals surface area contributed by atoms with E-state index in [-0.39, 0.29) is 0 Å². The summed E-state index contributed by atoms with van der Waals surface area (Å²) in [6.07, 6.45) is 6.41. The first kappa shape index (κ1) is 10.6. The zero-order chi connectivity index (χ0) is 11.8. The Labute approximate surface area is 101 Å². The summed E-state index contributed by atoms with van der Waals surface area (Å²) in [5.41, 5.74) is 8.27. The third-order valence-electron chi connectivity index (χ3n) is 3.78. The van der Waals surface area contributed by atoms with Crippen molar-refractivity contribution in [1.82, 2.24) is 14.9 Å². The fourth-order valence-electron chi connectivity index (χ4n) is 2.72. The molecule has 0 radical (unpaired) electrons. The summed E-state index contributed by atoms with van der Waals surface area (Å²) < 4.78 is 0. The molecule has 3 rings (SSSR count). The number of anilines is 1. The van der Waals surface area contributed by atoms with Crippen LogP contribution in [-0.2, 0) is 0 Å². The number of likely N-dealkylation sites (tertiary alicyclic amines) is 1. The lowest BCUT2D eigenvalue weighted by molar-refractivity contribution is 0.256. The normalized spacial score (nSPS) is 18.9. The standard InChI is InChI=1S/C13H18N4/c1-17-4-2-9(3-5-17)11-7-15-12-8-16-13(14)6-10(11)12/h6-9,15H,2-5H2,1H3,(H2,14,16). The average Bonchev–Trinajstić information content (AvgIpc) is 2.73. The quantitative estimate of drug-likeness (QED) is 0.787. The van der Waals surface area contributed by atoms with Crippen LogP contribution in [0.4, 0.5) is 5.82 Å². The monoisotopic (exact) mass is 230 g/mol. The van der Waals surface area contributed by atoms with Gasteiger partial charge in [0.25, 0.3) is 0 Å². The van der Waals surface area contributed by atoms with Crippen LogP contribution in [0.3, 0.4) is 0 Å². The van der Waals surface area contributed by atoms with Gasteiger partial charge in [-0.2, -0.15) is 0 Å². The number of rotatable bonds is 1. The number of aromatic amines is 1. The van der Waals surface area contributed by atoms with Crippen LogP contribution in [0, 0.1) is 0 Å². The number of hydrogen-bond acceptors (Lipinski definition) is 3. The van der Waals surface area contributed by atoms with Gasteiger partial charge in [-0.15, -0.1) is 0 Å². The van der Waals surface area contributed by atoms with E-state index < -0.39 is 0 Å². The zero-order valence-electron chi connectivity index (χ0n) is 10.1. The molecular formula is C13H18N4. The molecule has 2 aromatic heterocycles. The summed E-state index contributed by atoms with van der Waals surface area (Å²) in [6, 6.07) is 1.99. The van der Waals surface area contributed by atoms with E-state index in [4.69, 9.17) is 5.73 Å². The topological polar surface area (TPSA) is 57.9 Å². The Balaban J connectivity index is 1.97. The Morgan fingerprint density at radius 1 is 1.41 bits per heavy atom. The van der Waals surface area contributed by atoms with Crippen LogP contribution in [0.1, 0.15) is 24.3 Å². The van der Waals surface area contributed by atoms with Gasteiger partial charge in [-0.25, -0.2) is 4.98 Å². The van der Waals surface area contributed by atoms with Crippen molar-refractivity contribution >= 4 is 16.7 Å². The maximum atomic E-state index is 5.77. The van der Waals surface area contributed by atoms with Gasteiger partial charge in [-0.1, -0.05) is 0 Å². The molecule has 3 heterocycles.